The topological polar surface area (TPSA) is 95.6 Å². The molecule has 0 bridgehead atoms. The minimum atomic E-state index is -0.295. The summed E-state index contributed by atoms with van der Waals surface area (Å²) in [7, 11) is 0. The van der Waals surface area contributed by atoms with Crippen molar-refractivity contribution in [3.8, 4) is 11.5 Å². The molecule has 0 aliphatic heterocycles. The van der Waals surface area contributed by atoms with E-state index in [0.717, 1.165) is 12.8 Å². The van der Waals surface area contributed by atoms with Gasteiger partial charge in [-0.3, -0.25) is 4.79 Å². The van der Waals surface area contributed by atoms with E-state index in [2.05, 4.69) is 5.32 Å². The van der Waals surface area contributed by atoms with Crippen molar-refractivity contribution >= 4 is 5.91 Å². The number of carbonyl (C=O) groups excluding carboxylic acids is 1. The van der Waals surface area contributed by atoms with Crippen molar-refractivity contribution in [2.75, 3.05) is 6.54 Å². The van der Waals surface area contributed by atoms with Crippen LogP contribution in [0.1, 0.15) is 23.2 Å². The normalized spacial score (nSPS) is 22.9. The fourth-order valence-corrected chi connectivity index (χ4v) is 2.02. The number of carbonyl (C=O) groups is 1. The summed E-state index contributed by atoms with van der Waals surface area (Å²) in [6, 6.07) is 4.09. The van der Waals surface area contributed by atoms with Gasteiger partial charge in [-0.15, -0.1) is 0 Å². The van der Waals surface area contributed by atoms with E-state index in [1.165, 1.54) is 18.2 Å². The number of hydrogen-bond acceptors (Lipinski definition) is 4. The molecule has 1 saturated carbocycles. The van der Waals surface area contributed by atoms with Crippen LogP contribution in [0.4, 0.5) is 0 Å². The minimum Gasteiger partial charge on any atom is -0.508 e. The monoisotopic (exact) mass is 236 g/mol. The third kappa shape index (κ3) is 2.88. The lowest BCUT2D eigenvalue weighted by Gasteiger charge is -2.32. The van der Waals surface area contributed by atoms with E-state index in [4.69, 9.17) is 5.73 Å². The number of phenolic OH excluding ortho intramolecular Hbond substituents is 2. The first-order valence-electron chi connectivity index (χ1n) is 5.61. The Morgan fingerprint density at radius 2 is 1.88 bits per heavy atom. The van der Waals surface area contributed by atoms with Crippen LogP contribution in [0, 0.1) is 5.92 Å². The van der Waals surface area contributed by atoms with E-state index in [1.54, 1.807) is 0 Å². The lowest BCUT2D eigenvalue weighted by atomic mass is 9.81. The van der Waals surface area contributed by atoms with Crippen molar-refractivity contribution in [1.29, 1.82) is 0 Å². The molecule has 0 aromatic heterocycles. The molecule has 0 radical (unpaired) electrons. The molecule has 0 saturated heterocycles. The molecule has 0 heterocycles. The van der Waals surface area contributed by atoms with E-state index in [0.29, 0.717) is 12.5 Å². The molecule has 1 amide bonds. The second-order valence-electron chi connectivity index (χ2n) is 4.55. The van der Waals surface area contributed by atoms with Gasteiger partial charge < -0.3 is 21.3 Å². The summed E-state index contributed by atoms with van der Waals surface area (Å²) in [5.74, 6) is -0.0989. The fraction of sp³-hybridized carbons (Fsp3) is 0.417. The van der Waals surface area contributed by atoms with Crippen molar-refractivity contribution in [2.45, 2.75) is 18.9 Å². The first kappa shape index (κ1) is 11.7. The van der Waals surface area contributed by atoms with Crippen LogP contribution < -0.4 is 11.1 Å². The number of nitrogens with two attached hydrogens (primary N) is 1. The third-order valence-corrected chi connectivity index (χ3v) is 2.99. The molecule has 1 fully saturated rings. The van der Waals surface area contributed by atoms with Crippen molar-refractivity contribution < 1.29 is 15.0 Å². The lowest BCUT2D eigenvalue weighted by Crippen LogP contribution is -2.42. The SMILES string of the molecule is NC1CC(CNC(=O)c2cc(O)cc(O)c2)C1. The maximum atomic E-state index is 11.7. The zero-order chi connectivity index (χ0) is 12.4. The Bertz CT molecular complexity index is 408. The summed E-state index contributed by atoms with van der Waals surface area (Å²) in [5, 5.41) is 21.3. The number of phenols is 2. The maximum absolute atomic E-state index is 11.7. The van der Waals surface area contributed by atoms with E-state index in [9.17, 15) is 15.0 Å². The molecular formula is C12H16N2O3. The molecule has 17 heavy (non-hydrogen) atoms. The summed E-state index contributed by atoms with van der Waals surface area (Å²) >= 11 is 0. The van der Waals surface area contributed by atoms with Gasteiger partial charge in [0.15, 0.2) is 0 Å². The molecule has 92 valence electrons. The maximum Gasteiger partial charge on any atom is 0.251 e. The first-order chi connectivity index (χ1) is 8.04. The molecule has 2 rings (SSSR count). The third-order valence-electron chi connectivity index (χ3n) is 2.99. The number of rotatable bonds is 3. The molecule has 1 aromatic rings. The zero-order valence-corrected chi connectivity index (χ0v) is 9.39. The van der Waals surface area contributed by atoms with Gasteiger partial charge >= 0.3 is 0 Å². The van der Waals surface area contributed by atoms with Gasteiger partial charge in [0.05, 0.1) is 0 Å². The molecular weight excluding hydrogens is 220 g/mol. The average molecular weight is 236 g/mol. The summed E-state index contributed by atoms with van der Waals surface area (Å²) in [6.45, 7) is 0.586. The Morgan fingerprint density at radius 3 is 2.41 bits per heavy atom. The van der Waals surface area contributed by atoms with E-state index >= 15 is 0 Å². The summed E-state index contributed by atoms with van der Waals surface area (Å²) in [5.41, 5.74) is 5.90. The van der Waals surface area contributed by atoms with Crippen molar-refractivity contribution in [2.24, 2.45) is 11.7 Å². The largest absolute Gasteiger partial charge is 0.508 e. The van der Waals surface area contributed by atoms with E-state index in [1.807, 2.05) is 0 Å². The van der Waals surface area contributed by atoms with Crippen molar-refractivity contribution in [1.82, 2.24) is 5.32 Å². The second kappa shape index (κ2) is 4.63. The molecule has 5 heteroatoms. The van der Waals surface area contributed by atoms with Crippen molar-refractivity contribution in [3.63, 3.8) is 0 Å². The Labute approximate surface area is 99.3 Å². The molecule has 5 nitrogen and oxygen atoms in total. The molecule has 5 N–H and O–H groups in total. The Balaban J connectivity index is 1.90. The van der Waals surface area contributed by atoms with Crippen molar-refractivity contribution in [3.05, 3.63) is 23.8 Å². The van der Waals surface area contributed by atoms with Crippen LogP contribution >= 0.6 is 0 Å². The Morgan fingerprint density at radius 1 is 1.29 bits per heavy atom. The number of nitrogens with one attached hydrogen (secondary N) is 1. The molecule has 1 aliphatic rings. The van der Waals surface area contributed by atoms with Crippen LogP contribution in [0.25, 0.3) is 0 Å². The lowest BCUT2D eigenvalue weighted by molar-refractivity contribution is 0.0934. The van der Waals surface area contributed by atoms with Gasteiger partial charge in [-0.2, -0.15) is 0 Å². The molecule has 0 spiro atoms. The summed E-state index contributed by atoms with van der Waals surface area (Å²) < 4.78 is 0. The van der Waals surface area contributed by atoms with Gasteiger partial charge in [0.2, 0.25) is 0 Å². The minimum absolute atomic E-state index is 0.124. The van der Waals surface area contributed by atoms with Crippen LogP contribution in [0.2, 0.25) is 0 Å². The average Bonchev–Trinajstić information content (AvgIpc) is 2.21. The highest BCUT2D eigenvalue weighted by atomic mass is 16.3. The van der Waals surface area contributed by atoms with Gasteiger partial charge in [0, 0.05) is 24.2 Å². The second-order valence-corrected chi connectivity index (χ2v) is 4.55. The number of aromatic hydroxyl groups is 2. The molecule has 1 aliphatic carbocycles. The predicted molar refractivity (Wildman–Crippen MR) is 62.8 cm³/mol. The van der Waals surface area contributed by atoms with Gasteiger partial charge in [-0.25, -0.2) is 0 Å². The van der Waals surface area contributed by atoms with Crippen LogP contribution in [0.15, 0.2) is 18.2 Å². The highest BCUT2D eigenvalue weighted by Crippen LogP contribution is 2.25. The van der Waals surface area contributed by atoms with Crippen LogP contribution in [-0.4, -0.2) is 28.7 Å². The standard InChI is InChI=1S/C12H16N2O3/c13-9-1-7(2-9)6-14-12(17)8-3-10(15)5-11(16)4-8/h3-5,7,9,15-16H,1-2,6,13H2,(H,14,17). The number of benzene rings is 1. The van der Waals surface area contributed by atoms with Gasteiger partial charge in [0.25, 0.3) is 5.91 Å². The molecule has 0 atom stereocenters. The number of hydrogen-bond donors (Lipinski definition) is 4. The smallest absolute Gasteiger partial charge is 0.251 e. The predicted octanol–water partition coefficient (Wildman–Crippen LogP) is 0.565. The van der Waals surface area contributed by atoms with Gasteiger partial charge in [0.1, 0.15) is 11.5 Å². The van der Waals surface area contributed by atoms with Crippen LogP contribution in [-0.2, 0) is 0 Å². The van der Waals surface area contributed by atoms with E-state index < -0.39 is 0 Å². The van der Waals surface area contributed by atoms with Crippen LogP contribution in [0.3, 0.4) is 0 Å². The summed E-state index contributed by atoms with van der Waals surface area (Å²) in [4.78, 5) is 11.7. The summed E-state index contributed by atoms with van der Waals surface area (Å²) in [6.07, 6.45) is 1.87. The van der Waals surface area contributed by atoms with Crippen LogP contribution in [0.5, 0.6) is 11.5 Å². The fourth-order valence-electron chi connectivity index (χ4n) is 2.02. The highest BCUT2D eigenvalue weighted by Gasteiger charge is 2.26. The zero-order valence-electron chi connectivity index (χ0n) is 9.39. The quantitative estimate of drug-likeness (QED) is 0.616. The van der Waals surface area contributed by atoms with Gasteiger partial charge in [-0.05, 0) is 30.9 Å². The highest BCUT2D eigenvalue weighted by molar-refractivity contribution is 5.95. The number of amides is 1. The first-order valence-corrected chi connectivity index (χ1v) is 5.61. The molecule has 0 unspecified atom stereocenters. The van der Waals surface area contributed by atoms with Gasteiger partial charge in [-0.1, -0.05) is 0 Å². The Hall–Kier alpha value is -1.75. The Kier molecular flexibility index (Phi) is 3.19. The van der Waals surface area contributed by atoms with E-state index in [-0.39, 0.29) is 29.0 Å². The molecule has 1 aromatic carbocycles.